The topological polar surface area (TPSA) is 92.6 Å². The molecule has 1 N–H and O–H groups in total. The van der Waals surface area contributed by atoms with E-state index in [0.29, 0.717) is 22.4 Å². The number of carbonyl (C=O) groups is 1. The third-order valence-electron chi connectivity index (χ3n) is 5.30. The molecule has 1 amide bonds. The van der Waals surface area contributed by atoms with Crippen LogP contribution in [0.5, 0.6) is 0 Å². The minimum Gasteiger partial charge on any atom is -0.338 e. The molecule has 11 heteroatoms. The van der Waals surface area contributed by atoms with Crippen LogP contribution in [0.15, 0.2) is 43.0 Å². The molecule has 0 bridgehead atoms. The largest absolute Gasteiger partial charge is 0.338 e. The first-order valence-corrected chi connectivity index (χ1v) is 9.58. The average Bonchev–Trinajstić information content (AvgIpc) is 3.43. The lowest BCUT2D eigenvalue weighted by molar-refractivity contribution is -0.0494. The number of aromatic nitrogens is 6. The van der Waals surface area contributed by atoms with Gasteiger partial charge in [-0.1, -0.05) is 0 Å². The Labute approximate surface area is 173 Å². The van der Waals surface area contributed by atoms with Crippen molar-refractivity contribution in [1.82, 2.24) is 34.8 Å². The van der Waals surface area contributed by atoms with E-state index in [2.05, 4.69) is 25.3 Å². The lowest BCUT2D eigenvalue weighted by Gasteiger charge is -2.31. The van der Waals surface area contributed by atoms with E-state index in [4.69, 9.17) is 0 Å². The molecule has 4 heterocycles. The minimum atomic E-state index is -2.73. The van der Waals surface area contributed by atoms with Crippen molar-refractivity contribution in [3.05, 3.63) is 54.4 Å². The Kier molecular flexibility index (Phi) is 4.45. The predicted molar refractivity (Wildman–Crippen MR) is 104 cm³/mol. The Balaban J connectivity index is 1.47. The van der Waals surface area contributed by atoms with Gasteiger partial charge in [0.05, 0.1) is 11.8 Å². The number of hydrogen-bond donors (Lipinski definition) is 1. The molecule has 1 fully saturated rings. The summed E-state index contributed by atoms with van der Waals surface area (Å²) < 4.78 is 42.6. The van der Waals surface area contributed by atoms with Crippen molar-refractivity contribution in [1.29, 1.82) is 0 Å². The van der Waals surface area contributed by atoms with Crippen LogP contribution in [-0.4, -0.2) is 59.8 Å². The van der Waals surface area contributed by atoms with E-state index in [1.165, 1.54) is 34.4 Å². The summed E-state index contributed by atoms with van der Waals surface area (Å²) in [5, 5.41) is 11.3. The first kappa shape index (κ1) is 19.2. The normalized spacial score (nSPS) is 16.0. The molecule has 5 rings (SSSR count). The zero-order chi connectivity index (χ0) is 21.6. The summed E-state index contributed by atoms with van der Waals surface area (Å²) in [5.74, 6) is -3.13. The maximum absolute atomic E-state index is 14.6. The molecule has 31 heavy (non-hydrogen) atoms. The highest BCUT2D eigenvalue weighted by molar-refractivity contribution is 5.97. The van der Waals surface area contributed by atoms with Crippen molar-refractivity contribution in [3.8, 4) is 17.1 Å². The van der Waals surface area contributed by atoms with Gasteiger partial charge in [0.1, 0.15) is 17.8 Å². The van der Waals surface area contributed by atoms with Gasteiger partial charge in [0.2, 0.25) is 0 Å². The fourth-order valence-electron chi connectivity index (χ4n) is 3.60. The van der Waals surface area contributed by atoms with E-state index in [-0.39, 0.29) is 43.1 Å². The van der Waals surface area contributed by atoms with Crippen molar-refractivity contribution in [2.24, 2.45) is 0 Å². The smallest absolute Gasteiger partial charge is 0.255 e. The summed E-state index contributed by atoms with van der Waals surface area (Å²) in [4.78, 5) is 22.5. The summed E-state index contributed by atoms with van der Waals surface area (Å²) in [6.07, 6.45) is 3.48. The van der Waals surface area contributed by atoms with Gasteiger partial charge in [-0.15, -0.1) is 0 Å². The Morgan fingerprint density at radius 3 is 2.65 bits per heavy atom. The Hall–Kier alpha value is -3.76. The van der Waals surface area contributed by atoms with Crippen molar-refractivity contribution >= 4 is 16.9 Å². The monoisotopic (exact) mass is 427 g/mol. The molecule has 1 aliphatic heterocycles. The molecular weight excluding hydrogens is 411 g/mol. The molecular formula is C20H16F3N7O. The lowest BCUT2D eigenvalue weighted by atomic mass is 10.1. The zero-order valence-electron chi connectivity index (χ0n) is 16.1. The molecule has 1 saturated heterocycles. The van der Waals surface area contributed by atoms with Crippen molar-refractivity contribution < 1.29 is 18.0 Å². The Morgan fingerprint density at radius 2 is 1.90 bits per heavy atom. The average molecular weight is 427 g/mol. The summed E-state index contributed by atoms with van der Waals surface area (Å²) in [5.41, 5.74) is 1.41. The molecule has 0 spiro atoms. The molecule has 8 nitrogen and oxygen atoms in total. The number of amides is 1. The fourth-order valence-corrected chi connectivity index (χ4v) is 3.60. The second-order valence-corrected chi connectivity index (χ2v) is 7.34. The molecule has 0 atom stereocenters. The molecule has 0 saturated carbocycles. The maximum Gasteiger partial charge on any atom is 0.255 e. The van der Waals surface area contributed by atoms with Gasteiger partial charge < -0.3 is 4.90 Å². The van der Waals surface area contributed by atoms with Gasteiger partial charge in [0.15, 0.2) is 11.5 Å². The van der Waals surface area contributed by atoms with E-state index < -0.39 is 11.7 Å². The SMILES string of the molecule is O=C(c1cnc2c(cnn2-c2cc(-c3ncn[nH]3)ccc2F)c1)N1CCC(F)(F)CC1. The summed E-state index contributed by atoms with van der Waals surface area (Å²) in [6.45, 7) is -0.0223. The standard InChI is InChI=1S/C20H16F3N7O/c21-15-2-1-12(17-25-11-26-28-17)8-16(15)30-18-13(10-27-30)7-14(9-24-18)19(31)29-5-3-20(22,23)4-6-29/h1-2,7-11H,3-6H2,(H,25,26,28). The second kappa shape index (κ2) is 7.18. The number of likely N-dealkylation sites (tertiary alicyclic amines) is 1. The predicted octanol–water partition coefficient (Wildman–Crippen LogP) is 3.22. The van der Waals surface area contributed by atoms with Crippen LogP contribution in [0, 0.1) is 5.82 Å². The van der Waals surface area contributed by atoms with Crippen LogP contribution in [-0.2, 0) is 0 Å². The highest BCUT2D eigenvalue weighted by atomic mass is 19.3. The van der Waals surface area contributed by atoms with E-state index >= 15 is 0 Å². The molecule has 0 unspecified atom stereocenters. The van der Waals surface area contributed by atoms with Gasteiger partial charge in [0.25, 0.3) is 11.8 Å². The third-order valence-corrected chi connectivity index (χ3v) is 5.30. The molecule has 3 aromatic heterocycles. The van der Waals surface area contributed by atoms with Crippen molar-refractivity contribution in [3.63, 3.8) is 0 Å². The molecule has 0 aliphatic carbocycles. The van der Waals surface area contributed by atoms with E-state index in [1.807, 2.05) is 0 Å². The third kappa shape index (κ3) is 3.51. The number of H-pyrrole nitrogens is 1. The summed E-state index contributed by atoms with van der Waals surface area (Å²) >= 11 is 0. The first-order chi connectivity index (χ1) is 14.9. The summed E-state index contributed by atoms with van der Waals surface area (Å²) in [6, 6.07) is 6.01. The Bertz CT molecular complexity index is 1260. The number of alkyl halides is 2. The number of nitrogens with one attached hydrogen (secondary N) is 1. The molecule has 1 aliphatic rings. The molecule has 1 aromatic carbocycles. The van der Waals surface area contributed by atoms with Gasteiger partial charge in [-0.25, -0.2) is 27.8 Å². The number of fused-ring (bicyclic) bond motifs is 1. The number of pyridine rings is 1. The maximum atomic E-state index is 14.6. The van der Waals surface area contributed by atoms with Crippen LogP contribution >= 0.6 is 0 Å². The van der Waals surface area contributed by atoms with Crippen molar-refractivity contribution in [2.75, 3.05) is 13.1 Å². The van der Waals surface area contributed by atoms with Crippen LogP contribution < -0.4 is 0 Å². The van der Waals surface area contributed by atoms with Crippen LogP contribution in [0.25, 0.3) is 28.1 Å². The van der Waals surface area contributed by atoms with Gasteiger partial charge in [-0.3, -0.25) is 9.89 Å². The fraction of sp³-hybridized carbons (Fsp3) is 0.250. The van der Waals surface area contributed by atoms with Crippen LogP contribution in [0.3, 0.4) is 0 Å². The number of benzene rings is 1. The van der Waals surface area contributed by atoms with Gasteiger partial charge >= 0.3 is 0 Å². The van der Waals surface area contributed by atoms with Gasteiger partial charge in [-0.2, -0.15) is 10.2 Å². The van der Waals surface area contributed by atoms with Gasteiger partial charge in [-0.05, 0) is 24.3 Å². The summed E-state index contributed by atoms with van der Waals surface area (Å²) in [7, 11) is 0. The van der Waals surface area contributed by atoms with E-state index in [9.17, 15) is 18.0 Å². The first-order valence-electron chi connectivity index (χ1n) is 9.58. The van der Waals surface area contributed by atoms with E-state index in [0.717, 1.165) is 0 Å². The second-order valence-electron chi connectivity index (χ2n) is 7.34. The highest BCUT2D eigenvalue weighted by Gasteiger charge is 2.35. The highest BCUT2D eigenvalue weighted by Crippen LogP contribution is 2.29. The molecule has 4 aromatic rings. The van der Waals surface area contributed by atoms with Crippen LogP contribution in [0.1, 0.15) is 23.2 Å². The number of aromatic amines is 1. The molecule has 0 radical (unpaired) electrons. The minimum absolute atomic E-state index is 0.0111. The number of rotatable bonds is 3. The molecule has 158 valence electrons. The van der Waals surface area contributed by atoms with Crippen LogP contribution in [0.2, 0.25) is 0 Å². The number of piperidine rings is 1. The number of hydrogen-bond acceptors (Lipinski definition) is 5. The van der Waals surface area contributed by atoms with Crippen LogP contribution in [0.4, 0.5) is 13.2 Å². The lowest BCUT2D eigenvalue weighted by Crippen LogP contribution is -2.42. The van der Waals surface area contributed by atoms with Gasteiger partial charge in [0, 0.05) is 43.1 Å². The Morgan fingerprint density at radius 1 is 1.10 bits per heavy atom. The quantitative estimate of drug-likeness (QED) is 0.542. The van der Waals surface area contributed by atoms with Crippen molar-refractivity contribution in [2.45, 2.75) is 18.8 Å². The number of nitrogens with zero attached hydrogens (tertiary/aromatic N) is 6. The number of halogens is 3. The van der Waals surface area contributed by atoms with E-state index in [1.54, 1.807) is 18.2 Å². The number of carbonyl (C=O) groups excluding carboxylic acids is 1. The zero-order valence-corrected chi connectivity index (χ0v) is 16.1.